The topological polar surface area (TPSA) is 75.9 Å². The molecule has 1 aliphatic heterocycles. The Morgan fingerprint density at radius 3 is 2.95 bits per heavy atom. The van der Waals surface area contributed by atoms with Gasteiger partial charge in [-0.1, -0.05) is 6.07 Å². The molecule has 0 aliphatic carbocycles. The minimum absolute atomic E-state index is 0. The monoisotopic (exact) mass is 308 g/mol. The van der Waals surface area contributed by atoms with E-state index in [1.807, 2.05) is 29.2 Å². The van der Waals surface area contributed by atoms with Crippen LogP contribution in [0.2, 0.25) is 0 Å². The fourth-order valence-electron chi connectivity index (χ4n) is 2.29. The number of nitrogens with zero attached hydrogens (tertiary/aromatic N) is 5. The molecule has 0 saturated carbocycles. The molecule has 2 aromatic rings. The van der Waals surface area contributed by atoms with Crippen molar-refractivity contribution in [3.63, 3.8) is 0 Å². The van der Waals surface area contributed by atoms with Crippen molar-refractivity contribution in [3.05, 3.63) is 36.2 Å². The minimum Gasteiger partial charge on any atom is -0.337 e. The molecule has 2 heterocycles. The molecule has 0 unspecified atom stereocenters. The largest absolute Gasteiger partial charge is 0.337 e. The standard InChI is InChI=1S/C13H16N6O.ClH/c20-13(18-7-2-5-14-6-8-18)11-3-1-4-12(9-11)19-10-15-16-17-19;/h1,3-4,9-10,14H,2,5-8H2;1H. The number of hydrogen-bond acceptors (Lipinski definition) is 5. The summed E-state index contributed by atoms with van der Waals surface area (Å²) >= 11 is 0. The highest BCUT2D eigenvalue weighted by molar-refractivity contribution is 5.94. The highest BCUT2D eigenvalue weighted by Gasteiger charge is 2.17. The van der Waals surface area contributed by atoms with E-state index in [0.29, 0.717) is 5.56 Å². The van der Waals surface area contributed by atoms with Crippen molar-refractivity contribution in [1.29, 1.82) is 0 Å². The third-order valence-electron chi connectivity index (χ3n) is 3.33. The van der Waals surface area contributed by atoms with Gasteiger partial charge in [-0.05, 0) is 41.6 Å². The molecule has 1 amide bonds. The Hall–Kier alpha value is -1.99. The van der Waals surface area contributed by atoms with Gasteiger partial charge in [0, 0.05) is 25.2 Å². The number of carbonyl (C=O) groups is 1. The van der Waals surface area contributed by atoms with Gasteiger partial charge in [-0.15, -0.1) is 17.5 Å². The number of aromatic nitrogens is 4. The van der Waals surface area contributed by atoms with Gasteiger partial charge in [-0.3, -0.25) is 4.79 Å². The zero-order chi connectivity index (χ0) is 13.8. The maximum Gasteiger partial charge on any atom is 0.253 e. The van der Waals surface area contributed by atoms with Crippen molar-refractivity contribution in [1.82, 2.24) is 30.4 Å². The lowest BCUT2D eigenvalue weighted by atomic mass is 10.1. The third-order valence-corrected chi connectivity index (χ3v) is 3.33. The Morgan fingerprint density at radius 1 is 1.24 bits per heavy atom. The van der Waals surface area contributed by atoms with E-state index < -0.39 is 0 Å². The molecule has 1 aromatic carbocycles. The van der Waals surface area contributed by atoms with Crippen LogP contribution in [0.3, 0.4) is 0 Å². The van der Waals surface area contributed by atoms with E-state index in [0.717, 1.165) is 38.3 Å². The summed E-state index contributed by atoms with van der Waals surface area (Å²) in [4.78, 5) is 14.4. The lowest BCUT2D eigenvalue weighted by Crippen LogP contribution is -2.34. The summed E-state index contributed by atoms with van der Waals surface area (Å²) in [6.07, 6.45) is 2.50. The van der Waals surface area contributed by atoms with Crippen LogP contribution in [-0.2, 0) is 0 Å². The van der Waals surface area contributed by atoms with Gasteiger partial charge in [-0.25, -0.2) is 4.68 Å². The molecule has 0 bridgehead atoms. The quantitative estimate of drug-likeness (QED) is 0.875. The predicted octanol–water partition coefficient (Wildman–Crippen LogP) is 0.520. The van der Waals surface area contributed by atoms with Crippen molar-refractivity contribution in [2.24, 2.45) is 0 Å². The Morgan fingerprint density at radius 2 is 2.14 bits per heavy atom. The molecule has 21 heavy (non-hydrogen) atoms. The molecule has 0 spiro atoms. The van der Waals surface area contributed by atoms with Crippen molar-refractivity contribution in [2.75, 3.05) is 26.2 Å². The summed E-state index contributed by atoms with van der Waals surface area (Å²) in [5.74, 6) is 0.0589. The average Bonchev–Trinajstić information content (AvgIpc) is 2.89. The number of rotatable bonds is 2. The van der Waals surface area contributed by atoms with Crippen LogP contribution in [0.1, 0.15) is 16.8 Å². The van der Waals surface area contributed by atoms with Crippen LogP contribution >= 0.6 is 12.4 Å². The summed E-state index contributed by atoms with van der Waals surface area (Å²) in [7, 11) is 0. The maximum atomic E-state index is 12.5. The first-order valence-corrected chi connectivity index (χ1v) is 6.68. The van der Waals surface area contributed by atoms with Crippen LogP contribution < -0.4 is 5.32 Å². The van der Waals surface area contributed by atoms with Crippen molar-refractivity contribution in [2.45, 2.75) is 6.42 Å². The molecule has 0 atom stereocenters. The van der Waals surface area contributed by atoms with Crippen LogP contribution in [0.15, 0.2) is 30.6 Å². The van der Waals surface area contributed by atoms with E-state index in [1.165, 1.54) is 6.33 Å². The Kier molecular flexibility index (Phi) is 5.24. The second-order valence-corrected chi connectivity index (χ2v) is 4.70. The molecule has 112 valence electrons. The summed E-state index contributed by atoms with van der Waals surface area (Å²) < 4.78 is 1.54. The highest BCUT2D eigenvalue weighted by Crippen LogP contribution is 2.12. The number of nitrogens with one attached hydrogen (secondary N) is 1. The summed E-state index contributed by atoms with van der Waals surface area (Å²) in [5.41, 5.74) is 1.45. The van der Waals surface area contributed by atoms with Crippen molar-refractivity contribution >= 4 is 18.3 Å². The first-order valence-electron chi connectivity index (χ1n) is 6.68. The van der Waals surface area contributed by atoms with E-state index in [9.17, 15) is 4.79 Å². The zero-order valence-corrected chi connectivity index (χ0v) is 12.3. The SMILES string of the molecule is Cl.O=C(c1cccc(-n2cnnn2)c1)N1CCCNCC1. The van der Waals surface area contributed by atoms with Crippen LogP contribution in [0.5, 0.6) is 0 Å². The lowest BCUT2D eigenvalue weighted by Gasteiger charge is -2.20. The normalized spacial score (nSPS) is 15.1. The van der Waals surface area contributed by atoms with E-state index >= 15 is 0 Å². The minimum atomic E-state index is 0. The third kappa shape index (κ3) is 3.56. The van der Waals surface area contributed by atoms with Gasteiger partial charge in [0.25, 0.3) is 5.91 Å². The molecule has 0 radical (unpaired) electrons. The number of hydrogen-bond donors (Lipinski definition) is 1. The molecule has 3 rings (SSSR count). The number of tetrazole rings is 1. The first-order chi connectivity index (χ1) is 9.84. The fraction of sp³-hybridized carbons (Fsp3) is 0.385. The second kappa shape index (κ2) is 7.14. The molecular formula is C13H17ClN6O. The molecule has 1 fully saturated rings. The molecule has 1 aromatic heterocycles. The lowest BCUT2D eigenvalue weighted by molar-refractivity contribution is 0.0766. The van der Waals surface area contributed by atoms with Gasteiger partial charge in [-0.2, -0.15) is 0 Å². The molecule has 7 nitrogen and oxygen atoms in total. The molecule has 8 heteroatoms. The maximum absolute atomic E-state index is 12.5. The first kappa shape index (κ1) is 15.4. The number of amides is 1. The van der Waals surface area contributed by atoms with Gasteiger partial charge in [0.05, 0.1) is 5.69 Å². The predicted molar refractivity (Wildman–Crippen MR) is 79.8 cm³/mol. The fourth-order valence-corrected chi connectivity index (χ4v) is 2.29. The smallest absolute Gasteiger partial charge is 0.253 e. The Bertz CT molecular complexity index is 580. The number of carbonyl (C=O) groups excluding carboxylic acids is 1. The summed E-state index contributed by atoms with van der Waals surface area (Å²) in [6, 6.07) is 7.36. The Labute approximate surface area is 128 Å². The second-order valence-electron chi connectivity index (χ2n) is 4.70. The van der Waals surface area contributed by atoms with Crippen molar-refractivity contribution < 1.29 is 4.79 Å². The van der Waals surface area contributed by atoms with Crippen molar-refractivity contribution in [3.8, 4) is 5.69 Å². The van der Waals surface area contributed by atoms with E-state index in [4.69, 9.17) is 0 Å². The van der Waals surface area contributed by atoms with Gasteiger partial charge in [0.2, 0.25) is 0 Å². The molecular weight excluding hydrogens is 292 g/mol. The Balaban J connectivity index is 0.00000161. The van der Waals surface area contributed by atoms with E-state index in [2.05, 4.69) is 20.8 Å². The molecule has 1 N–H and O–H groups in total. The van der Waals surface area contributed by atoms with Crippen LogP contribution in [0.4, 0.5) is 0 Å². The van der Waals surface area contributed by atoms with E-state index in [1.54, 1.807) is 4.68 Å². The average molecular weight is 309 g/mol. The van der Waals surface area contributed by atoms with Gasteiger partial charge < -0.3 is 10.2 Å². The van der Waals surface area contributed by atoms with E-state index in [-0.39, 0.29) is 18.3 Å². The number of halogens is 1. The van der Waals surface area contributed by atoms with Crippen LogP contribution in [0.25, 0.3) is 5.69 Å². The molecule has 1 saturated heterocycles. The van der Waals surface area contributed by atoms with Crippen LogP contribution in [0, 0.1) is 0 Å². The van der Waals surface area contributed by atoms with Crippen LogP contribution in [-0.4, -0.2) is 57.2 Å². The molecule has 1 aliphatic rings. The number of benzene rings is 1. The van der Waals surface area contributed by atoms with Gasteiger partial charge >= 0.3 is 0 Å². The van der Waals surface area contributed by atoms with Gasteiger partial charge in [0.1, 0.15) is 6.33 Å². The highest BCUT2D eigenvalue weighted by atomic mass is 35.5. The zero-order valence-electron chi connectivity index (χ0n) is 11.5. The summed E-state index contributed by atoms with van der Waals surface area (Å²) in [6.45, 7) is 3.35. The van der Waals surface area contributed by atoms with Gasteiger partial charge in [0.15, 0.2) is 0 Å². The summed E-state index contributed by atoms with van der Waals surface area (Å²) in [5, 5.41) is 14.3.